The second kappa shape index (κ2) is 14.6. The molecule has 1 fully saturated rings. The van der Waals surface area contributed by atoms with E-state index < -0.39 is 78.4 Å². The van der Waals surface area contributed by atoms with Crippen LogP contribution in [-0.2, 0) is 28.8 Å². The number of aliphatic hydroxyl groups excluding tert-OH is 1. The van der Waals surface area contributed by atoms with E-state index in [-0.39, 0.29) is 18.4 Å². The van der Waals surface area contributed by atoms with Crippen molar-refractivity contribution in [3.63, 3.8) is 0 Å². The van der Waals surface area contributed by atoms with Crippen molar-refractivity contribution in [2.45, 2.75) is 90.7 Å². The van der Waals surface area contributed by atoms with Gasteiger partial charge in [0.05, 0.1) is 12.1 Å². The lowest BCUT2D eigenvalue weighted by Crippen LogP contribution is -2.60. The Hall–Kier alpha value is -3.26. The molecule has 0 unspecified atom stereocenters. The van der Waals surface area contributed by atoms with Crippen molar-refractivity contribution in [1.29, 1.82) is 0 Å². The maximum absolute atomic E-state index is 13.2. The molecule has 38 heavy (non-hydrogen) atoms. The van der Waals surface area contributed by atoms with Gasteiger partial charge >= 0.3 is 5.97 Å². The fraction of sp³-hybridized carbons (Fsp3) is 0.750. The van der Waals surface area contributed by atoms with Gasteiger partial charge in [-0.15, -0.1) is 0 Å². The third-order valence-corrected chi connectivity index (χ3v) is 6.32. The number of carboxylic acids is 1. The van der Waals surface area contributed by atoms with Crippen LogP contribution in [0.1, 0.15) is 54.4 Å². The van der Waals surface area contributed by atoms with E-state index in [1.165, 1.54) is 18.7 Å². The van der Waals surface area contributed by atoms with Gasteiger partial charge in [0, 0.05) is 6.54 Å². The summed E-state index contributed by atoms with van der Waals surface area (Å²) in [6, 6.07) is -5.24. The van der Waals surface area contributed by atoms with E-state index in [1.807, 2.05) is 0 Å². The van der Waals surface area contributed by atoms with Gasteiger partial charge < -0.3 is 42.1 Å². The summed E-state index contributed by atoms with van der Waals surface area (Å²) >= 11 is 0. The van der Waals surface area contributed by atoms with E-state index in [0.717, 1.165) is 0 Å². The number of aliphatic hydroxyl groups is 1. The smallest absolute Gasteiger partial charge is 0.322 e. The molecule has 0 spiro atoms. The SMILES string of the molecule is CC(C)[C@H](N)C(=O)N[C@H](C(=O)N1CCC[C@H]1C(=O)N[C@@H](C)C(=O)N[C@H](C(=O)NCC(=O)O)C(C)C)[C@@H](C)O. The number of nitrogens with zero attached hydrogens (tertiary/aromatic N) is 1. The minimum atomic E-state index is -1.31. The van der Waals surface area contributed by atoms with Crippen molar-refractivity contribution >= 4 is 35.5 Å². The number of hydrogen-bond acceptors (Lipinski definition) is 8. The summed E-state index contributed by atoms with van der Waals surface area (Å²) in [5.41, 5.74) is 5.85. The van der Waals surface area contributed by atoms with Gasteiger partial charge in [0.15, 0.2) is 0 Å². The molecule has 1 saturated heterocycles. The summed E-state index contributed by atoms with van der Waals surface area (Å²) in [7, 11) is 0. The van der Waals surface area contributed by atoms with Crippen molar-refractivity contribution in [3.05, 3.63) is 0 Å². The first kappa shape index (κ1) is 32.8. The van der Waals surface area contributed by atoms with Crippen molar-refractivity contribution in [3.8, 4) is 0 Å². The molecule has 5 amide bonds. The van der Waals surface area contributed by atoms with E-state index in [4.69, 9.17) is 10.8 Å². The Labute approximate surface area is 222 Å². The van der Waals surface area contributed by atoms with Crippen LogP contribution in [0, 0.1) is 11.8 Å². The molecule has 1 heterocycles. The zero-order valence-corrected chi connectivity index (χ0v) is 22.8. The van der Waals surface area contributed by atoms with Crippen LogP contribution in [0.4, 0.5) is 0 Å². The number of carbonyl (C=O) groups excluding carboxylic acids is 5. The lowest BCUT2D eigenvalue weighted by molar-refractivity contribution is -0.144. The lowest BCUT2D eigenvalue weighted by Gasteiger charge is -2.31. The molecule has 6 atom stereocenters. The van der Waals surface area contributed by atoms with E-state index in [1.54, 1.807) is 27.7 Å². The molecule has 1 aliphatic heterocycles. The summed E-state index contributed by atoms with van der Waals surface area (Å²) in [5.74, 6) is -4.99. The van der Waals surface area contributed by atoms with Gasteiger partial charge in [0.2, 0.25) is 29.5 Å². The maximum atomic E-state index is 13.2. The topological polar surface area (TPSA) is 220 Å². The number of hydrogen-bond donors (Lipinski definition) is 7. The monoisotopic (exact) mass is 542 g/mol. The first-order valence-corrected chi connectivity index (χ1v) is 12.7. The summed E-state index contributed by atoms with van der Waals surface area (Å²) in [6.07, 6.45) is -0.445. The van der Waals surface area contributed by atoms with Gasteiger partial charge in [-0.2, -0.15) is 0 Å². The minimum absolute atomic E-state index is 0.198. The Kier molecular flexibility index (Phi) is 12.6. The Morgan fingerprint density at radius 1 is 0.868 bits per heavy atom. The number of carbonyl (C=O) groups is 6. The number of nitrogens with one attached hydrogen (secondary N) is 4. The molecule has 216 valence electrons. The molecule has 0 radical (unpaired) electrons. The molecule has 0 aliphatic carbocycles. The number of aliphatic carboxylic acids is 1. The van der Waals surface area contributed by atoms with Crippen molar-refractivity contribution in [2.75, 3.05) is 13.1 Å². The van der Waals surface area contributed by atoms with Gasteiger partial charge in [-0.3, -0.25) is 28.8 Å². The molecule has 8 N–H and O–H groups in total. The first-order valence-electron chi connectivity index (χ1n) is 12.7. The highest BCUT2D eigenvalue weighted by atomic mass is 16.4. The van der Waals surface area contributed by atoms with Crippen molar-refractivity contribution < 1.29 is 39.0 Å². The molecular formula is C24H42N6O8. The van der Waals surface area contributed by atoms with Crippen LogP contribution in [0.2, 0.25) is 0 Å². The van der Waals surface area contributed by atoms with E-state index in [2.05, 4.69) is 21.3 Å². The number of likely N-dealkylation sites (tertiary alicyclic amines) is 1. The second-order valence-corrected chi connectivity index (χ2v) is 10.3. The van der Waals surface area contributed by atoms with Crippen molar-refractivity contribution in [2.24, 2.45) is 17.6 Å². The molecule has 0 aromatic carbocycles. The molecule has 1 rings (SSSR count). The standard InChI is InChI=1S/C24H42N6O8/c1-11(2)17(25)22(36)29-19(14(6)31)24(38)30-9-7-8-15(30)21(35)27-13(5)20(34)28-18(12(3)4)23(37)26-10-16(32)33/h11-15,17-19,31H,7-10,25H2,1-6H3,(H,26,37)(H,27,35)(H,28,34)(H,29,36)(H,32,33)/t13-,14+,15-,17-,18-,19-/m0/s1. The molecule has 0 bridgehead atoms. The number of rotatable bonds is 13. The van der Waals surface area contributed by atoms with E-state index in [0.29, 0.717) is 12.8 Å². The largest absolute Gasteiger partial charge is 0.480 e. The predicted molar refractivity (Wildman–Crippen MR) is 136 cm³/mol. The summed E-state index contributed by atoms with van der Waals surface area (Å²) in [6.45, 7) is 9.19. The molecule has 1 aliphatic rings. The Morgan fingerprint density at radius 2 is 1.45 bits per heavy atom. The number of nitrogens with two attached hydrogens (primary N) is 1. The maximum Gasteiger partial charge on any atom is 0.322 e. The molecule has 14 nitrogen and oxygen atoms in total. The number of carboxylic acid groups (broad SMARTS) is 1. The Morgan fingerprint density at radius 3 is 1.95 bits per heavy atom. The average Bonchev–Trinajstić information content (AvgIpc) is 3.32. The fourth-order valence-corrected chi connectivity index (χ4v) is 3.88. The van der Waals surface area contributed by atoms with Crippen LogP contribution in [-0.4, -0.2) is 100 Å². The van der Waals surface area contributed by atoms with Crippen molar-refractivity contribution in [1.82, 2.24) is 26.2 Å². The first-order chi connectivity index (χ1) is 17.6. The summed E-state index contributed by atoms with van der Waals surface area (Å²) in [5, 5.41) is 28.7. The highest BCUT2D eigenvalue weighted by Gasteiger charge is 2.40. The van der Waals surface area contributed by atoms with Gasteiger partial charge in [0.1, 0.15) is 30.7 Å². The predicted octanol–water partition coefficient (Wildman–Crippen LogP) is -2.33. The summed E-state index contributed by atoms with van der Waals surface area (Å²) < 4.78 is 0. The van der Waals surface area contributed by atoms with Crippen LogP contribution in [0.25, 0.3) is 0 Å². The molecule has 0 aromatic rings. The number of amides is 5. The van der Waals surface area contributed by atoms with Gasteiger partial charge in [-0.05, 0) is 38.5 Å². The van der Waals surface area contributed by atoms with Gasteiger partial charge in [-0.1, -0.05) is 27.7 Å². The van der Waals surface area contributed by atoms with Gasteiger partial charge in [-0.25, -0.2) is 0 Å². The minimum Gasteiger partial charge on any atom is -0.480 e. The molecule has 0 aromatic heterocycles. The third-order valence-electron chi connectivity index (χ3n) is 6.32. The Balaban J connectivity index is 2.88. The van der Waals surface area contributed by atoms with Crippen LogP contribution in [0.3, 0.4) is 0 Å². The molecule has 14 heteroatoms. The summed E-state index contributed by atoms with van der Waals surface area (Å²) in [4.78, 5) is 75.6. The third kappa shape index (κ3) is 9.24. The van der Waals surface area contributed by atoms with Gasteiger partial charge in [0.25, 0.3) is 0 Å². The zero-order valence-electron chi connectivity index (χ0n) is 22.8. The fourth-order valence-electron chi connectivity index (χ4n) is 3.88. The normalized spacial score (nSPS) is 19.2. The highest BCUT2D eigenvalue weighted by molar-refractivity contribution is 5.96. The average molecular weight is 543 g/mol. The second-order valence-electron chi connectivity index (χ2n) is 10.3. The lowest BCUT2D eigenvalue weighted by atomic mass is 10.0. The van der Waals surface area contributed by atoms with Crippen LogP contribution >= 0.6 is 0 Å². The quantitative estimate of drug-likeness (QED) is 0.132. The molecular weight excluding hydrogens is 500 g/mol. The van der Waals surface area contributed by atoms with E-state index in [9.17, 15) is 33.9 Å². The van der Waals surface area contributed by atoms with Crippen LogP contribution < -0.4 is 27.0 Å². The van der Waals surface area contributed by atoms with E-state index >= 15 is 0 Å². The van der Waals surface area contributed by atoms with Crippen LogP contribution in [0.5, 0.6) is 0 Å². The highest BCUT2D eigenvalue weighted by Crippen LogP contribution is 2.20. The zero-order chi connectivity index (χ0) is 29.3. The van der Waals surface area contributed by atoms with Crippen LogP contribution in [0.15, 0.2) is 0 Å². The Bertz CT molecular complexity index is 893. The molecule has 0 saturated carbocycles.